The number of guanidine groups is 1. The van der Waals surface area contributed by atoms with Crippen molar-refractivity contribution in [1.82, 2.24) is 10.2 Å². The van der Waals surface area contributed by atoms with Gasteiger partial charge >= 0.3 is 0 Å². The summed E-state index contributed by atoms with van der Waals surface area (Å²) in [6.07, 6.45) is 4.92. The first kappa shape index (κ1) is 23.2. The number of halogens is 2. The van der Waals surface area contributed by atoms with Gasteiger partial charge in [-0.2, -0.15) is 0 Å². The van der Waals surface area contributed by atoms with Crippen LogP contribution in [0.15, 0.2) is 60.2 Å². The molecule has 8 heteroatoms. The molecule has 1 aromatic carbocycles. The first-order chi connectivity index (χ1) is 15.7. The van der Waals surface area contributed by atoms with Crippen molar-refractivity contribution in [2.24, 2.45) is 11.8 Å². The SMILES string of the molecule is C=C(/C(F)=C\C=C(/C)OCC1CC1)[C@]12CO[C@@H](c3ccc(F)cc3)C[C@H]1C(=O)N(C)C(=N)N2. The number of amides is 1. The molecule has 0 spiro atoms. The van der Waals surface area contributed by atoms with Gasteiger partial charge in [-0.25, -0.2) is 8.78 Å². The van der Waals surface area contributed by atoms with E-state index in [1.165, 1.54) is 30.2 Å². The molecule has 0 unspecified atom stereocenters. The largest absolute Gasteiger partial charge is 0.498 e. The van der Waals surface area contributed by atoms with Crippen LogP contribution in [-0.4, -0.2) is 42.6 Å². The van der Waals surface area contributed by atoms with Crippen molar-refractivity contribution >= 4 is 11.9 Å². The lowest BCUT2D eigenvalue weighted by atomic mass is 9.71. The van der Waals surface area contributed by atoms with Crippen molar-refractivity contribution in [3.63, 3.8) is 0 Å². The lowest BCUT2D eigenvalue weighted by Crippen LogP contribution is -2.71. The molecule has 4 rings (SSSR count). The normalized spacial score (nSPS) is 28.3. The predicted molar refractivity (Wildman–Crippen MR) is 120 cm³/mol. The van der Waals surface area contributed by atoms with Gasteiger partial charge < -0.3 is 14.8 Å². The van der Waals surface area contributed by atoms with E-state index in [1.807, 2.05) is 0 Å². The van der Waals surface area contributed by atoms with E-state index in [9.17, 15) is 9.18 Å². The van der Waals surface area contributed by atoms with Crippen LogP contribution in [0.4, 0.5) is 8.78 Å². The van der Waals surface area contributed by atoms with Gasteiger partial charge in [-0.15, -0.1) is 0 Å². The van der Waals surface area contributed by atoms with E-state index in [0.29, 0.717) is 18.3 Å². The number of nitrogens with one attached hydrogen (secondary N) is 2. The smallest absolute Gasteiger partial charge is 0.235 e. The van der Waals surface area contributed by atoms with Crippen LogP contribution in [0.2, 0.25) is 0 Å². The number of rotatable bonds is 7. The Morgan fingerprint density at radius 1 is 1.36 bits per heavy atom. The highest BCUT2D eigenvalue weighted by atomic mass is 19.1. The first-order valence-electron chi connectivity index (χ1n) is 11.1. The van der Waals surface area contributed by atoms with Crippen LogP contribution in [0.3, 0.4) is 0 Å². The van der Waals surface area contributed by atoms with Gasteiger partial charge in [0, 0.05) is 12.6 Å². The fourth-order valence-electron chi connectivity index (χ4n) is 4.26. The number of fused-ring (bicyclic) bond motifs is 1. The Kier molecular flexibility index (Phi) is 6.38. The third-order valence-electron chi connectivity index (χ3n) is 6.64. The fourth-order valence-corrected chi connectivity index (χ4v) is 4.26. The number of nitrogens with zero attached hydrogens (tertiary/aromatic N) is 1. The maximum Gasteiger partial charge on any atom is 0.235 e. The molecule has 2 heterocycles. The number of hydrogen-bond acceptors (Lipinski definition) is 4. The minimum absolute atomic E-state index is 0.0440. The third-order valence-corrected chi connectivity index (χ3v) is 6.64. The summed E-state index contributed by atoms with van der Waals surface area (Å²) in [5, 5.41) is 11.2. The van der Waals surface area contributed by atoms with Gasteiger partial charge in [-0.1, -0.05) is 18.7 Å². The molecule has 0 bridgehead atoms. The summed E-state index contributed by atoms with van der Waals surface area (Å²) in [5.41, 5.74) is -0.523. The van der Waals surface area contributed by atoms with Crippen molar-refractivity contribution in [3.05, 3.63) is 71.5 Å². The van der Waals surface area contributed by atoms with E-state index in [4.69, 9.17) is 14.9 Å². The number of carbonyl (C=O) groups is 1. The second-order valence-corrected chi connectivity index (χ2v) is 9.01. The monoisotopic (exact) mass is 457 g/mol. The van der Waals surface area contributed by atoms with Crippen LogP contribution >= 0.6 is 0 Å². The van der Waals surface area contributed by atoms with Crippen molar-refractivity contribution in [3.8, 4) is 0 Å². The third kappa shape index (κ3) is 4.71. The van der Waals surface area contributed by atoms with Crippen molar-refractivity contribution in [1.29, 1.82) is 5.41 Å². The number of hydrogen-bond donors (Lipinski definition) is 2. The van der Waals surface area contributed by atoms with Gasteiger partial charge in [0.25, 0.3) is 0 Å². The van der Waals surface area contributed by atoms with Gasteiger partial charge in [0.2, 0.25) is 5.91 Å². The minimum atomic E-state index is -1.30. The van der Waals surface area contributed by atoms with Crippen LogP contribution in [0.5, 0.6) is 0 Å². The molecular formula is C25H29F2N3O3. The second-order valence-electron chi connectivity index (χ2n) is 9.01. The average molecular weight is 458 g/mol. The summed E-state index contributed by atoms with van der Waals surface area (Å²) in [7, 11) is 1.50. The van der Waals surface area contributed by atoms with Crippen molar-refractivity contribution < 1.29 is 23.0 Å². The zero-order chi connectivity index (χ0) is 23.8. The second kappa shape index (κ2) is 9.09. The van der Waals surface area contributed by atoms with E-state index in [-0.39, 0.29) is 36.3 Å². The Morgan fingerprint density at radius 2 is 2.06 bits per heavy atom. The van der Waals surface area contributed by atoms with Gasteiger partial charge in [-0.3, -0.25) is 15.1 Å². The van der Waals surface area contributed by atoms with Crippen LogP contribution in [0.25, 0.3) is 0 Å². The molecule has 33 heavy (non-hydrogen) atoms. The average Bonchev–Trinajstić information content (AvgIpc) is 3.64. The van der Waals surface area contributed by atoms with Gasteiger partial charge in [0.1, 0.15) is 17.2 Å². The molecule has 2 N–H and O–H groups in total. The summed E-state index contributed by atoms with van der Waals surface area (Å²) in [6, 6.07) is 5.91. The van der Waals surface area contributed by atoms with Crippen LogP contribution < -0.4 is 5.32 Å². The highest BCUT2D eigenvalue weighted by Gasteiger charge is 2.55. The van der Waals surface area contributed by atoms with Crippen LogP contribution in [0, 0.1) is 23.1 Å². The van der Waals surface area contributed by atoms with E-state index >= 15 is 4.39 Å². The lowest BCUT2D eigenvalue weighted by Gasteiger charge is -2.51. The Hall–Kier alpha value is -3.00. The van der Waals surface area contributed by atoms with Gasteiger partial charge in [-0.05, 0) is 62.0 Å². The highest BCUT2D eigenvalue weighted by Crippen LogP contribution is 2.45. The Morgan fingerprint density at radius 3 is 2.73 bits per heavy atom. The van der Waals surface area contributed by atoms with E-state index in [1.54, 1.807) is 25.1 Å². The van der Waals surface area contributed by atoms with Gasteiger partial charge in [0.15, 0.2) is 5.96 Å². The van der Waals surface area contributed by atoms with Crippen molar-refractivity contribution in [2.75, 3.05) is 20.3 Å². The summed E-state index contributed by atoms with van der Waals surface area (Å²) in [5.74, 6) is -0.978. The number of carbonyl (C=O) groups excluding carboxylic acids is 1. The topological polar surface area (TPSA) is 74.7 Å². The van der Waals surface area contributed by atoms with E-state index < -0.39 is 23.4 Å². The Bertz CT molecular complexity index is 1020. The zero-order valence-corrected chi connectivity index (χ0v) is 18.9. The molecule has 1 amide bonds. The Labute approximate surface area is 192 Å². The standard InChI is InChI=1S/C25H29F2N3O3/c1-15(32-13-17-5-6-17)4-11-21(27)16(2)25-14-33-22(18-7-9-19(26)10-8-18)12-20(25)23(31)30(3)24(28)29-25/h4,7-11,17,20,22H,2,5-6,12-14H2,1,3H3,(H2,28,29)/b15-4+,21-11+/t20-,22+,25+/m0/s1. The first-order valence-corrected chi connectivity index (χ1v) is 11.1. The molecule has 1 aliphatic carbocycles. The summed E-state index contributed by atoms with van der Waals surface area (Å²) >= 11 is 0. The molecule has 3 atom stereocenters. The number of ether oxygens (including phenoxy) is 2. The predicted octanol–water partition coefficient (Wildman–Crippen LogP) is 4.38. The Balaban J connectivity index is 1.58. The molecule has 1 aromatic rings. The van der Waals surface area contributed by atoms with E-state index in [0.717, 1.165) is 18.4 Å². The van der Waals surface area contributed by atoms with Gasteiger partial charge in [0.05, 0.1) is 31.0 Å². The number of allylic oxidation sites excluding steroid dienone is 3. The fraction of sp³-hybridized carbons (Fsp3) is 0.440. The quantitative estimate of drug-likeness (QED) is 0.471. The van der Waals surface area contributed by atoms with Crippen molar-refractivity contribution in [2.45, 2.75) is 37.8 Å². The molecule has 0 radical (unpaired) electrons. The molecule has 1 saturated carbocycles. The molecule has 176 valence electrons. The molecule has 0 aromatic heterocycles. The molecule has 3 aliphatic rings. The minimum Gasteiger partial charge on any atom is -0.498 e. The summed E-state index contributed by atoms with van der Waals surface area (Å²) in [4.78, 5) is 14.4. The zero-order valence-electron chi connectivity index (χ0n) is 18.9. The molecule has 2 saturated heterocycles. The van der Waals surface area contributed by atoms with Crippen LogP contribution in [-0.2, 0) is 14.3 Å². The summed E-state index contributed by atoms with van der Waals surface area (Å²) < 4.78 is 40.3. The number of benzene rings is 1. The van der Waals surface area contributed by atoms with E-state index in [2.05, 4.69) is 11.9 Å². The highest BCUT2D eigenvalue weighted by molar-refractivity contribution is 6.01. The molecule has 6 nitrogen and oxygen atoms in total. The maximum absolute atomic E-state index is 15.3. The summed E-state index contributed by atoms with van der Waals surface area (Å²) in [6.45, 7) is 6.27. The lowest BCUT2D eigenvalue weighted by molar-refractivity contribution is -0.145. The van der Waals surface area contributed by atoms with Crippen LogP contribution in [0.1, 0.15) is 37.9 Å². The molecule has 2 aliphatic heterocycles. The maximum atomic E-state index is 15.3. The molecule has 3 fully saturated rings. The molecular weight excluding hydrogens is 428 g/mol.